The molecule has 1 rings (SSSR count). The van der Waals surface area contributed by atoms with E-state index < -0.39 is 0 Å². The van der Waals surface area contributed by atoms with Gasteiger partial charge in [0.25, 0.3) is 0 Å². The van der Waals surface area contributed by atoms with E-state index in [1.807, 2.05) is 0 Å². The molecule has 0 aromatic heterocycles. The number of oxime groups is 1. The maximum Gasteiger partial charge on any atom is 0.219 e. The Morgan fingerprint density at radius 2 is 2.08 bits per heavy atom. The SMILES string of the molecule is CC(=O)N1CCC(/C(Cl)=N/O)CC1. The molecule has 0 bridgehead atoms. The predicted molar refractivity (Wildman–Crippen MR) is 50.1 cm³/mol. The summed E-state index contributed by atoms with van der Waals surface area (Å²) in [6.07, 6.45) is 1.56. The van der Waals surface area contributed by atoms with E-state index in [1.54, 1.807) is 11.8 Å². The van der Waals surface area contributed by atoms with Gasteiger partial charge < -0.3 is 10.1 Å². The molecule has 1 heterocycles. The average Bonchev–Trinajstić information content (AvgIpc) is 2.17. The van der Waals surface area contributed by atoms with Crippen molar-refractivity contribution in [2.75, 3.05) is 13.1 Å². The van der Waals surface area contributed by atoms with Crippen molar-refractivity contribution in [3.63, 3.8) is 0 Å². The number of rotatable bonds is 1. The first-order valence-corrected chi connectivity index (χ1v) is 4.66. The molecule has 0 radical (unpaired) electrons. The van der Waals surface area contributed by atoms with Crippen molar-refractivity contribution in [2.24, 2.45) is 11.1 Å². The molecule has 5 heteroatoms. The minimum Gasteiger partial charge on any atom is -0.410 e. The fraction of sp³-hybridized carbons (Fsp3) is 0.750. The lowest BCUT2D eigenvalue weighted by atomic mass is 9.98. The summed E-state index contributed by atoms with van der Waals surface area (Å²) in [6.45, 7) is 2.96. The van der Waals surface area contributed by atoms with Gasteiger partial charge >= 0.3 is 0 Å². The first-order chi connectivity index (χ1) is 6.15. The number of carbonyl (C=O) groups is 1. The van der Waals surface area contributed by atoms with Gasteiger partial charge in [0.1, 0.15) is 5.17 Å². The Kier molecular flexibility index (Phi) is 3.54. The first kappa shape index (κ1) is 10.3. The molecule has 1 saturated heterocycles. The summed E-state index contributed by atoms with van der Waals surface area (Å²) < 4.78 is 0. The summed E-state index contributed by atoms with van der Waals surface area (Å²) in [5.41, 5.74) is 0. The van der Waals surface area contributed by atoms with Gasteiger partial charge in [0.2, 0.25) is 5.91 Å². The molecular formula is C8H13ClN2O2. The number of nitrogens with zero attached hydrogens (tertiary/aromatic N) is 2. The van der Waals surface area contributed by atoms with Crippen LogP contribution in [0.15, 0.2) is 5.16 Å². The molecule has 0 saturated carbocycles. The van der Waals surface area contributed by atoms with Crippen LogP contribution < -0.4 is 0 Å². The van der Waals surface area contributed by atoms with E-state index in [0.29, 0.717) is 13.1 Å². The van der Waals surface area contributed by atoms with Gasteiger partial charge in [-0.2, -0.15) is 0 Å². The lowest BCUT2D eigenvalue weighted by molar-refractivity contribution is -0.129. The predicted octanol–water partition coefficient (Wildman–Crippen LogP) is 1.27. The number of hydrogen-bond donors (Lipinski definition) is 1. The van der Waals surface area contributed by atoms with Crippen LogP contribution in [0.25, 0.3) is 0 Å². The smallest absolute Gasteiger partial charge is 0.219 e. The van der Waals surface area contributed by atoms with Crippen molar-refractivity contribution in [1.82, 2.24) is 4.90 Å². The zero-order chi connectivity index (χ0) is 9.84. The number of amides is 1. The second-order valence-corrected chi connectivity index (χ2v) is 3.59. The monoisotopic (exact) mass is 204 g/mol. The maximum absolute atomic E-state index is 11.0. The molecule has 1 amide bonds. The van der Waals surface area contributed by atoms with E-state index in [0.717, 1.165) is 12.8 Å². The van der Waals surface area contributed by atoms with Crippen molar-refractivity contribution >= 4 is 22.7 Å². The highest BCUT2D eigenvalue weighted by atomic mass is 35.5. The van der Waals surface area contributed by atoms with Crippen molar-refractivity contribution < 1.29 is 10.0 Å². The summed E-state index contributed by atoms with van der Waals surface area (Å²) in [6, 6.07) is 0. The van der Waals surface area contributed by atoms with Crippen LogP contribution in [0.1, 0.15) is 19.8 Å². The fourth-order valence-corrected chi connectivity index (χ4v) is 1.73. The van der Waals surface area contributed by atoms with Crippen LogP contribution in [-0.2, 0) is 4.79 Å². The van der Waals surface area contributed by atoms with E-state index in [4.69, 9.17) is 16.8 Å². The Morgan fingerprint density at radius 1 is 1.54 bits per heavy atom. The van der Waals surface area contributed by atoms with Gasteiger partial charge in [-0.15, -0.1) is 0 Å². The minimum absolute atomic E-state index is 0.0931. The third-order valence-electron chi connectivity index (χ3n) is 2.37. The highest BCUT2D eigenvalue weighted by molar-refractivity contribution is 6.65. The molecule has 74 valence electrons. The van der Waals surface area contributed by atoms with E-state index in [9.17, 15) is 4.79 Å². The molecule has 1 N–H and O–H groups in total. The second kappa shape index (κ2) is 4.46. The summed E-state index contributed by atoms with van der Waals surface area (Å²) in [5.74, 6) is 0.206. The summed E-state index contributed by atoms with van der Waals surface area (Å²) >= 11 is 5.67. The Hall–Kier alpha value is -0.770. The topological polar surface area (TPSA) is 52.9 Å². The number of piperidine rings is 1. The molecule has 1 fully saturated rings. The quantitative estimate of drug-likeness (QED) is 0.397. The number of hydrogen-bond acceptors (Lipinski definition) is 3. The summed E-state index contributed by atoms with van der Waals surface area (Å²) in [4.78, 5) is 12.7. The van der Waals surface area contributed by atoms with Crippen molar-refractivity contribution in [2.45, 2.75) is 19.8 Å². The molecule has 4 nitrogen and oxygen atoms in total. The summed E-state index contributed by atoms with van der Waals surface area (Å²) in [7, 11) is 0. The largest absolute Gasteiger partial charge is 0.410 e. The lowest BCUT2D eigenvalue weighted by Crippen LogP contribution is -2.38. The molecule has 0 unspecified atom stereocenters. The Bertz CT molecular complexity index is 222. The van der Waals surface area contributed by atoms with E-state index in [1.165, 1.54) is 0 Å². The molecule has 0 aromatic carbocycles. The standard InChI is InChI=1S/C8H13ClN2O2/c1-6(12)11-4-2-7(3-5-11)8(9)10-13/h7,13H,2-5H2,1H3/b10-8-. The third kappa shape index (κ3) is 2.59. The van der Waals surface area contributed by atoms with E-state index >= 15 is 0 Å². The van der Waals surface area contributed by atoms with Crippen LogP contribution in [0, 0.1) is 5.92 Å². The molecule has 13 heavy (non-hydrogen) atoms. The highest BCUT2D eigenvalue weighted by Crippen LogP contribution is 2.20. The van der Waals surface area contributed by atoms with Crippen LogP contribution in [0.4, 0.5) is 0 Å². The molecular weight excluding hydrogens is 192 g/mol. The minimum atomic E-state index is 0.0931. The highest BCUT2D eigenvalue weighted by Gasteiger charge is 2.23. The van der Waals surface area contributed by atoms with Gasteiger partial charge in [0.15, 0.2) is 0 Å². The van der Waals surface area contributed by atoms with Crippen LogP contribution >= 0.6 is 11.6 Å². The van der Waals surface area contributed by atoms with Crippen molar-refractivity contribution in [3.8, 4) is 0 Å². The van der Waals surface area contributed by atoms with Gasteiger partial charge in [-0.05, 0) is 12.8 Å². The Labute approximate surface area is 82.2 Å². The van der Waals surface area contributed by atoms with Gasteiger partial charge in [0, 0.05) is 25.9 Å². The third-order valence-corrected chi connectivity index (χ3v) is 2.76. The number of carbonyl (C=O) groups excluding carboxylic acids is 1. The van der Waals surface area contributed by atoms with Crippen LogP contribution in [0.3, 0.4) is 0 Å². The molecule has 1 aliphatic rings. The van der Waals surface area contributed by atoms with Gasteiger partial charge in [-0.3, -0.25) is 4.79 Å². The van der Waals surface area contributed by atoms with Gasteiger partial charge in [-0.25, -0.2) is 0 Å². The van der Waals surface area contributed by atoms with E-state index in [2.05, 4.69) is 5.16 Å². The molecule has 0 atom stereocenters. The van der Waals surface area contributed by atoms with E-state index in [-0.39, 0.29) is 17.0 Å². The lowest BCUT2D eigenvalue weighted by Gasteiger charge is -2.30. The molecule has 0 aromatic rings. The summed E-state index contributed by atoms with van der Waals surface area (Å²) in [5, 5.41) is 11.7. The molecule has 1 aliphatic heterocycles. The van der Waals surface area contributed by atoms with Crippen molar-refractivity contribution in [3.05, 3.63) is 0 Å². The fourth-order valence-electron chi connectivity index (χ4n) is 1.51. The van der Waals surface area contributed by atoms with Crippen LogP contribution in [0.2, 0.25) is 0 Å². The Morgan fingerprint density at radius 3 is 2.46 bits per heavy atom. The first-order valence-electron chi connectivity index (χ1n) is 4.28. The Balaban J connectivity index is 2.43. The molecule has 0 spiro atoms. The second-order valence-electron chi connectivity index (χ2n) is 3.20. The van der Waals surface area contributed by atoms with Crippen molar-refractivity contribution in [1.29, 1.82) is 0 Å². The van der Waals surface area contributed by atoms with Gasteiger partial charge in [0.05, 0.1) is 0 Å². The number of halogens is 1. The zero-order valence-corrected chi connectivity index (χ0v) is 8.29. The normalized spacial score (nSPS) is 20.5. The average molecular weight is 205 g/mol. The maximum atomic E-state index is 11.0. The van der Waals surface area contributed by atoms with Crippen LogP contribution in [-0.4, -0.2) is 34.3 Å². The molecule has 0 aliphatic carbocycles. The van der Waals surface area contributed by atoms with Gasteiger partial charge in [-0.1, -0.05) is 16.8 Å². The zero-order valence-electron chi connectivity index (χ0n) is 7.53. The van der Waals surface area contributed by atoms with Crippen LogP contribution in [0.5, 0.6) is 0 Å². The number of likely N-dealkylation sites (tertiary alicyclic amines) is 1.